The first-order valence-electron chi connectivity index (χ1n) is 9.23. The van der Waals surface area contributed by atoms with Crippen LogP contribution in [0.2, 0.25) is 0 Å². The van der Waals surface area contributed by atoms with Gasteiger partial charge in [-0.25, -0.2) is 4.98 Å². The number of amides is 1. The summed E-state index contributed by atoms with van der Waals surface area (Å²) < 4.78 is 11.0. The molecule has 0 atom stereocenters. The number of benzene rings is 3. The minimum absolute atomic E-state index is 0.127. The molecule has 0 bridgehead atoms. The Kier molecular flexibility index (Phi) is 5.13. The van der Waals surface area contributed by atoms with E-state index in [9.17, 15) is 14.9 Å². The van der Waals surface area contributed by atoms with E-state index >= 15 is 0 Å². The number of hydrogen-bond donors (Lipinski definition) is 1. The Labute approximate surface area is 171 Å². The lowest BCUT2D eigenvalue weighted by Crippen LogP contribution is -2.12. The minimum atomic E-state index is -0.573. The van der Waals surface area contributed by atoms with Crippen molar-refractivity contribution >= 4 is 28.4 Å². The Bertz CT molecular complexity index is 1200. The maximum Gasteiger partial charge on any atom is 0.311 e. The van der Waals surface area contributed by atoms with E-state index in [1.54, 1.807) is 31.2 Å². The average Bonchev–Trinajstić information content (AvgIpc) is 3.19. The minimum Gasteiger partial charge on any atom is -0.487 e. The second-order valence-corrected chi connectivity index (χ2v) is 6.39. The van der Waals surface area contributed by atoms with Crippen molar-refractivity contribution in [2.75, 3.05) is 11.9 Å². The van der Waals surface area contributed by atoms with E-state index in [-0.39, 0.29) is 17.0 Å². The topological polar surface area (TPSA) is 108 Å². The fourth-order valence-corrected chi connectivity index (χ4v) is 2.97. The van der Waals surface area contributed by atoms with Gasteiger partial charge in [-0.15, -0.1) is 0 Å². The Morgan fingerprint density at radius 2 is 1.90 bits per heavy atom. The van der Waals surface area contributed by atoms with Crippen LogP contribution in [-0.4, -0.2) is 22.4 Å². The van der Waals surface area contributed by atoms with Crippen molar-refractivity contribution in [3.63, 3.8) is 0 Å². The SMILES string of the molecule is CCOc1ccc(C(=O)Nc2ccc(-c3nc4ccccc4o3)cc2)cc1[N+](=O)[O-]. The lowest BCUT2D eigenvalue weighted by Gasteiger charge is -2.08. The van der Waals surface area contributed by atoms with Crippen LogP contribution in [0.4, 0.5) is 11.4 Å². The van der Waals surface area contributed by atoms with E-state index in [0.29, 0.717) is 23.8 Å². The Morgan fingerprint density at radius 3 is 2.60 bits per heavy atom. The molecule has 1 heterocycles. The molecule has 0 radical (unpaired) electrons. The highest BCUT2D eigenvalue weighted by Gasteiger charge is 2.19. The van der Waals surface area contributed by atoms with Crippen molar-refractivity contribution in [2.45, 2.75) is 6.92 Å². The monoisotopic (exact) mass is 403 g/mol. The van der Waals surface area contributed by atoms with Gasteiger partial charge in [0.05, 0.1) is 11.5 Å². The largest absolute Gasteiger partial charge is 0.487 e. The molecule has 0 saturated carbocycles. The van der Waals surface area contributed by atoms with Gasteiger partial charge in [-0.1, -0.05) is 12.1 Å². The third-order valence-corrected chi connectivity index (χ3v) is 4.40. The molecule has 8 nitrogen and oxygen atoms in total. The molecule has 0 spiro atoms. The number of ether oxygens (including phenoxy) is 1. The molecule has 0 aliphatic rings. The summed E-state index contributed by atoms with van der Waals surface area (Å²) in [4.78, 5) is 27.6. The van der Waals surface area contributed by atoms with Crippen LogP contribution in [0.1, 0.15) is 17.3 Å². The summed E-state index contributed by atoms with van der Waals surface area (Å²) >= 11 is 0. The molecular weight excluding hydrogens is 386 g/mol. The number of carbonyl (C=O) groups excluding carboxylic acids is 1. The van der Waals surface area contributed by atoms with Crippen molar-refractivity contribution in [1.29, 1.82) is 0 Å². The van der Waals surface area contributed by atoms with Crippen LogP contribution in [0.3, 0.4) is 0 Å². The van der Waals surface area contributed by atoms with E-state index in [1.165, 1.54) is 18.2 Å². The number of para-hydroxylation sites is 2. The number of hydrogen-bond acceptors (Lipinski definition) is 6. The van der Waals surface area contributed by atoms with Gasteiger partial charge in [0.15, 0.2) is 11.3 Å². The molecule has 0 unspecified atom stereocenters. The van der Waals surface area contributed by atoms with Gasteiger partial charge in [0.25, 0.3) is 5.91 Å². The number of aromatic nitrogens is 1. The molecule has 1 N–H and O–H groups in total. The zero-order valence-corrected chi connectivity index (χ0v) is 16.0. The summed E-state index contributed by atoms with van der Waals surface area (Å²) in [6.07, 6.45) is 0. The lowest BCUT2D eigenvalue weighted by molar-refractivity contribution is -0.385. The Balaban J connectivity index is 1.52. The number of nitrogens with zero attached hydrogens (tertiary/aromatic N) is 2. The van der Waals surface area contributed by atoms with E-state index in [2.05, 4.69) is 10.3 Å². The van der Waals surface area contributed by atoms with Crippen molar-refractivity contribution < 1.29 is 18.9 Å². The van der Waals surface area contributed by atoms with Gasteiger partial charge in [-0.05, 0) is 55.5 Å². The molecule has 8 heteroatoms. The van der Waals surface area contributed by atoms with Crippen LogP contribution in [0, 0.1) is 10.1 Å². The van der Waals surface area contributed by atoms with Crippen LogP contribution in [0.25, 0.3) is 22.6 Å². The molecule has 1 amide bonds. The van der Waals surface area contributed by atoms with Crippen LogP contribution < -0.4 is 10.1 Å². The summed E-state index contributed by atoms with van der Waals surface area (Å²) in [6.45, 7) is 2.02. The molecule has 1 aromatic heterocycles. The summed E-state index contributed by atoms with van der Waals surface area (Å²) in [7, 11) is 0. The summed E-state index contributed by atoms with van der Waals surface area (Å²) in [5, 5.41) is 14.0. The van der Waals surface area contributed by atoms with Gasteiger partial charge in [0.1, 0.15) is 5.52 Å². The van der Waals surface area contributed by atoms with Gasteiger partial charge in [-0.3, -0.25) is 14.9 Å². The van der Waals surface area contributed by atoms with Crippen molar-refractivity contribution in [2.24, 2.45) is 0 Å². The fourth-order valence-electron chi connectivity index (χ4n) is 2.97. The highest BCUT2D eigenvalue weighted by molar-refractivity contribution is 6.05. The molecule has 0 aliphatic heterocycles. The van der Waals surface area contributed by atoms with Gasteiger partial charge in [0, 0.05) is 22.9 Å². The predicted molar refractivity (Wildman–Crippen MR) is 112 cm³/mol. The zero-order valence-electron chi connectivity index (χ0n) is 16.0. The maximum absolute atomic E-state index is 12.5. The van der Waals surface area contributed by atoms with Crippen molar-refractivity contribution in [3.8, 4) is 17.2 Å². The number of oxazole rings is 1. The van der Waals surface area contributed by atoms with Gasteiger partial charge < -0.3 is 14.5 Å². The normalized spacial score (nSPS) is 10.7. The number of carbonyl (C=O) groups is 1. The highest BCUT2D eigenvalue weighted by Crippen LogP contribution is 2.29. The third kappa shape index (κ3) is 3.83. The summed E-state index contributed by atoms with van der Waals surface area (Å²) in [5.41, 5.74) is 2.67. The molecule has 30 heavy (non-hydrogen) atoms. The molecule has 0 fully saturated rings. The smallest absolute Gasteiger partial charge is 0.311 e. The lowest BCUT2D eigenvalue weighted by atomic mass is 10.1. The van der Waals surface area contributed by atoms with Crippen molar-refractivity contribution in [3.05, 3.63) is 82.4 Å². The van der Waals surface area contributed by atoms with Crippen molar-refractivity contribution in [1.82, 2.24) is 4.98 Å². The summed E-state index contributed by atoms with van der Waals surface area (Å²) in [5.74, 6) is 0.147. The number of nitrogens with one attached hydrogen (secondary N) is 1. The highest BCUT2D eigenvalue weighted by atomic mass is 16.6. The van der Waals surface area contributed by atoms with E-state index < -0.39 is 10.8 Å². The van der Waals surface area contributed by atoms with Crippen LogP contribution in [-0.2, 0) is 0 Å². The number of fused-ring (bicyclic) bond motifs is 1. The van der Waals surface area contributed by atoms with Crippen LogP contribution in [0.15, 0.2) is 71.1 Å². The first-order chi connectivity index (χ1) is 14.5. The molecule has 150 valence electrons. The maximum atomic E-state index is 12.5. The predicted octanol–water partition coefficient (Wildman–Crippen LogP) is 5.05. The fraction of sp³-hybridized carbons (Fsp3) is 0.0909. The van der Waals surface area contributed by atoms with E-state index in [1.807, 2.05) is 24.3 Å². The van der Waals surface area contributed by atoms with Crippen LogP contribution in [0.5, 0.6) is 5.75 Å². The Hall–Kier alpha value is -4.20. The number of anilines is 1. The molecule has 3 aromatic carbocycles. The standard InChI is InChI=1S/C22H17N3O5/c1-2-29-20-12-9-15(13-18(20)25(27)28)21(26)23-16-10-7-14(8-11-16)22-24-17-5-3-4-6-19(17)30-22/h3-13H,2H2,1H3,(H,23,26). The molecule has 4 rings (SSSR count). The number of rotatable bonds is 6. The number of nitro benzene ring substituents is 1. The van der Waals surface area contributed by atoms with Crippen LogP contribution >= 0.6 is 0 Å². The van der Waals surface area contributed by atoms with E-state index in [0.717, 1.165) is 11.1 Å². The molecule has 0 saturated heterocycles. The molecule has 0 aliphatic carbocycles. The zero-order chi connectivity index (χ0) is 21.1. The average molecular weight is 403 g/mol. The number of nitro groups is 1. The van der Waals surface area contributed by atoms with Gasteiger partial charge in [0.2, 0.25) is 5.89 Å². The molecule has 4 aromatic rings. The molecular formula is C22H17N3O5. The first-order valence-corrected chi connectivity index (χ1v) is 9.23. The van der Waals surface area contributed by atoms with Gasteiger partial charge >= 0.3 is 5.69 Å². The Morgan fingerprint density at radius 1 is 1.13 bits per heavy atom. The quantitative estimate of drug-likeness (QED) is 0.356. The third-order valence-electron chi connectivity index (χ3n) is 4.40. The first kappa shape index (κ1) is 19.1. The van der Waals surface area contributed by atoms with Gasteiger partial charge in [-0.2, -0.15) is 0 Å². The summed E-state index contributed by atoms with van der Waals surface area (Å²) in [6, 6.07) is 18.6. The second kappa shape index (κ2) is 8.04. The second-order valence-electron chi connectivity index (χ2n) is 6.39. The van der Waals surface area contributed by atoms with E-state index in [4.69, 9.17) is 9.15 Å².